The molecule has 8 heteroatoms. The lowest BCUT2D eigenvalue weighted by Crippen LogP contribution is -2.17. The number of tetrazole rings is 1. The van der Waals surface area contributed by atoms with Crippen LogP contribution in [0.15, 0.2) is 27.8 Å². The van der Waals surface area contributed by atoms with Crippen molar-refractivity contribution in [2.45, 2.75) is 24.2 Å². The number of ether oxygens (including phenoxy) is 1. The van der Waals surface area contributed by atoms with Gasteiger partial charge < -0.3 is 10.5 Å². The largest absolute Gasteiger partial charge is 0.489 e. The van der Waals surface area contributed by atoms with Crippen LogP contribution in [-0.4, -0.2) is 38.6 Å². The van der Waals surface area contributed by atoms with Crippen molar-refractivity contribution in [3.8, 4) is 5.75 Å². The molecule has 3 rings (SSSR count). The summed E-state index contributed by atoms with van der Waals surface area (Å²) in [6.07, 6.45) is 1.08. The maximum Gasteiger partial charge on any atom is 0.209 e. The molecule has 2 heterocycles. The SMILES string of the molecule is NCCn1nnnc1SCC1Cc2cc(Br)ccc2O1. The van der Waals surface area contributed by atoms with Crippen molar-refractivity contribution in [2.75, 3.05) is 12.3 Å². The van der Waals surface area contributed by atoms with Crippen molar-refractivity contribution >= 4 is 27.7 Å². The molecule has 106 valence electrons. The third kappa shape index (κ3) is 2.97. The van der Waals surface area contributed by atoms with Gasteiger partial charge in [-0.05, 0) is 34.2 Å². The van der Waals surface area contributed by atoms with E-state index in [1.165, 1.54) is 5.56 Å². The van der Waals surface area contributed by atoms with Crippen LogP contribution in [0, 0.1) is 0 Å². The minimum Gasteiger partial charge on any atom is -0.489 e. The number of aromatic nitrogens is 4. The second-order valence-electron chi connectivity index (χ2n) is 4.48. The van der Waals surface area contributed by atoms with Gasteiger partial charge in [-0.3, -0.25) is 0 Å². The highest BCUT2D eigenvalue weighted by Crippen LogP contribution is 2.33. The summed E-state index contributed by atoms with van der Waals surface area (Å²) in [5, 5.41) is 12.4. The minimum absolute atomic E-state index is 0.160. The molecule has 1 aliphatic heterocycles. The molecule has 6 nitrogen and oxygen atoms in total. The number of benzene rings is 1. The molecular formula is C12H14BrN5OS. The van der Waals surface area contributed by atoms with E-state index < -0.39 is 0 Å². The van der Waals surface area contributed by atoms with Gasteiger partial charge in [0.05, 0.1) is 6.54 Å². The monoisotopic (exact) mass is 355 g/mol. The van der Waals surface area contributed by atoms with Gasteiger partial charge in [-0.2, -0.15) is 0 Å². The van der Waals surface area contributed by atoms with E-state index in [0.717, 1.165) is 27.6 Å². The highest BCUT2D eigenvalue weighted by atomic mass is 79.9. The Labute approximate surface area is 129 Å². The van der Waals surface area contributed by atoms with Crippen LogP contribution >= 0.6 is 27.7 Å². The van der Waals surface area contributed by atoms with Gasteiger partial charge in [0.15, 0.2) is 0 Å². The van der Waals surface area contributed by atoms with Crippen LogP contribution in [0.2, 0.25) is 0 Å². The standard InChI is InChI=1S/C12H14BrN5OS/c13-9-1-2-11-8(5-9)6-10(19-11)7-20-12-15-16-17-18(12)4-3-14/h1-2,5,10H,3-4,6-7,14H2. The number of fused-ring (bicyclic) bond motifs is 1. The van der Waals surface area contributed by atoms with Gasteiger partial charge in [0.2, 0.25) is 5.16 Å². The number of halogens is 1. The van der Waals surface area contributed by atoms with Gasteiger partial charge in [-0.25, -0.2) is 4.68 Å². The number of hydrogen-bond donors (Lipinski definition) is 1. The van der Waals surface area contributed by atoms with Crippen molar-refractivity contribution in [1.29, 1.82) is 0 Å². The van der Waals surface area contributed by atoms with Gasteiger partial charge >= 0.3 is 0 Å². The van der Waals surface area contributed by atoms with E-state index in [-0.39, 0.29) is 6.10 Å². The number of thioether (sulfide) groups is 1. The van der Waals surface area contributed by atoms with E-state index in [1.807, 2.05) is 12.1 Å². The first-order valence-electron chi connectivity index (χ1n) is 6.30. The third-order valence-corrected chi connectivity index (χ3v) is 4.58. The molecule has 20 heavy (non-hydrogen) atoms. The van der Waals surface area contributed by atoms with Crippen molar-refractivity contribution in [3.63, 3.8) is 0 Å². The van der Waals surface area contributed by atoms with E-state index in [0.29, 0.717) is 13.1 Å². The molecule has 1 atom stereocenters. The molecule has 0 fully saturated rings. The number of rotatable bonds is 5. The summed E-state index contributed by atoms with van der Waals surface area (Å²) in [5.41, 5.74) is 6.77. The third-order valence-electron chi connectivity index (χ3n) is 3.00. The summed E-state index contributed by atoms with van der Waals surface area (Å²) < 4.78 is 8.72. The van der Waals surface area contributed by atoms with Gasteiger partial charge in [-0.15, -0.1) is 5.10 Å². The molecule has 0 radical (unpaired) electrons. The van der Waals surface area contributed by atoms with E-state index in [4.69, 9.17) is 10.5 Å². The summed E-state index contributed by atoms with van der Waals surface area (Å²) in [6, 6.07) is 6.11. The molecule has 1 aliphatic rings. The molecule has 1 aromatic heterocycles. The zero-order valence-electron chi connectivity index (χ0n) is 10.7. The molecule has 2 aromatic rings. The van der Waals surface area contributed by atoms with Crippen molar-refractivity contribution in [3.05, 3.63) is 28.2 Å². The molecule has 0 saturated carbocycles. The molecule has 0 saturated heterocycles. The lowest BCUT2D eigenvalue weighted by atomic mass is 10.1. The Morgan fingerprint density at radius 3 is 3.25 bits per heavy atom. The van der Waals surface area contributed by atoms with Gasteiger partial charge in [-0.1, -0.05) is 27.7 Å². The first-order valence-corrected chi connectivity index (χ1v) is 8.08. The Hall–Kier alpha value is -1.12. The Morgan fingerprint density at radius 1 is 1.50 bits per heavy atom. The average Bonchev–Trinajstić information content (AvgIpc) is 3.02. The Bertz CT molecular complexity index is 605. The quantitative estimate of drug-likeness (QED) is 0.818. The van der Waals surface area contributed by atoms with E-state index >= 15 is 0 Å². The van der Waals surface area contributed by atoms with Gasteiger partial charge in [0.1, 0.15) is 11.9 Å². The molecular weight excluding hydrogens is 342 g/mol. The molecule has 1 unspecified atom stereocenters. The summed E-state index contributed by atoms with van der Waals surface area (Å²) >= 11 is 5.08. The zero-order valence-corrected chi connectivity index (χ0v) is 13.1. The fourth-order valence-corrected chi connectivity index (χ4v) is 3.41. The second kappa shape index (κ2) is 6.11. The zero-order chi connectivity index (χ0) is 13.9. The summed E-state index contributed by atoms with van der Waals surface area (Å²) in [4.78, 5) is 0. The minimum atomic E-state index is 0.160. The number of nitrogens with zero attached hydrogens (tertiary/aromatic N) is 4. The molecule has 0 amide bonds. The normalized spacial score (nSPS) is 17.0. The fourth-order valence-electron chi connectivity index (χ4n) is 2.11. The van der Waals surface area contributed by atoms with Gasteiger partial charge in [0, 0.05) is 23.2 Å². The van der Waals surface area contributed by atoms with E-state index in [1.54, 1.807) is 16.4 Å². The Morgan fingerprint density at radius 2 is 2.40 bits per heavy atom. The van der Waals surface area contributed by atoms with Crippen LogP contribution in [0.4, 0.5) is 0 Å². The maximum absolute atomic E-state index is 5.92. The molecule has 0 aliphatic carbocycles. The first kappa shape index (κ1) is 13.8. The summed E-state index contributed by atoms with van der Waals surface area (Å²) in [7, 11) is 0. The van der Waals surface area contributed by atoms with Crippen LogP contribution in [0.25, 0.3) is 0 Å². The van der Waals surface area contributed by atoms with Crippen LogP contribution in [-0.2, 0) is 13.0 Å². The predicted octanol–water partition coefficient (Wildman–Crippen LogP) is 1.49. The van der Waals surface area contributed by atoms with E-state index in [9.17, 15) is 0 Å². The topological polar surface area (TPSA) is 78.9 Å². The summed E-state index contributed by atoms with van der Waals surface area (Å²) in [6.45, 7) is 1.16. The lowest BCUT2D eigenvalue weighted by molar-refractivity contribution is 0.259. The van der Waals surface area contributed by atoms with Crippen LogP contribution in [0.5, 0.6) is 5.75 Å². The highest BCUT2D eigenvalue weighted by Gasteiger charge is 2.23. The van der Waals surface area contributed by atoms with Crippen LogP contribution in [0.1, 0.15) is 5.56 Å². The summed E-state index contributed by atoms with van der Waals surface area (Å²) in [5.74, 6) is 1.79. The highest BCUT2D eigenvalue weighted by molar-refractivity contribution is 9.10. The van der Waals surface area contributed by atoms with E-state index in [2.05, 4.69) is 37.5 Å². The van der Waals surface area contributed by atoms with Crippen LogP contribution in [0.3, 0.4) is 0 Å². The van der Waals surface area contributed by atoms with Crippen LogP contribution < -0.4 is 10.5 Å². The second-order valence-corrected chi connectivity index (χ2v) is 6.38. The lowest BCUT2D eigenvalue weighted by Gasteiger charge is -2.09. The molecule has 2 N–H and O–H groups in total. The average molecular weight is 356 g/mol. The van der Waals surface area contributed by atoms with Crippen molar-refractivity contribution < 1.29 is 4.74 Å². The van der Waals surface area contributed by atoms with Gasteiger partial charge in [0.25, 0.3) is 0 Å². The predicted molar refractivity (Wildman–Crippen MR) is 79.9 cm³/mol. The Balaban J connectivity index is 1.59. The maximum atomic E-state index is 5.92. The molecule has 1 aromatic carbocycles. The molecule has 0 bridgehead atoms. The number of hydrogen-bond acceptors (Lipinski definition) is 6. The smallest absolute Gasteiger partial charge is 0.209 e. The fraction of sp³-hybridized carbons (Fsp3) is 0.417. The first-order chi connectivity index (χ1) is 9.76. The molecule has 0 spiro atoms. The van der Waals surface area contributed by atoms with Crippen molar-refractivity contribution in [2.24, 2.45) is 5.73 Å². The van der Waals surface area contributed by atoms with Crippen molar-refractivity contribution in [1.82, 2.24) is 20.2 Å². The Kier molecular flexibility index (Phi) is 4.23. The number of nitrogens with two attached hydrogens (primary N) is 1.